The number of benzene rings is 2. The molecule has 0 spiro atoms. The largest absolute Gasteiger partial charge is 0.468 e. The summed E-state index contributed by atoms with van der Waals surface area (Å²) in [5.74, 6) is -1.77. The van der Waals surface area contributed by atoms with Gasteiger partial charge < -0.3 is 10.1 Å². The molecule has 2 heterocycles. The number of esters is 1. The molecule has 1 aromatic heterocycles. The lowest BCUT2D eigenvalue weighted by atomic mass is 9.63. The van der Waals surface area contributed by atoms with Gasteiger partial charge in [-0.15, -0.1) is 11.8 Å². The molecule has 5 rings (SSSR count). The number of carbonyl (C=O) groups excluding carboxylic acids is 2. The fourth-order valence-electron chi connectivity index (χ4n) is 5.32. The number of thioether (sulfide) groups is 1. The van der Waals surface area contributed by atoms with Crippen LogP contribution in [0.25, 0.3) is 10.9 Å². The standard InChI is InChI=1S/C27H26N2O3S/c1-27(2)14-20-23(25(30)24(27)26(31)32-3)21(15-7-9-16(33-4)10-8-15)22-17-6-5-13-28-18(17)11-12-19(22)29-20/h5-13,21,24,29H,14H2,1-4H3. The molecule has 0 saturated carbocycles. The van der Waals surface area contributed by atoms with Gasteiger partial charge in [0.2, 0.25) is 0 Å². The number of rotatable bonds is 3. The maximum absolute atomic E-state index is 14.0. The van der Waals surface area contributed by atoms with E-state index in [0.29, 0.717) is 12.0 Å². The summed E-state index contributed by atoms with van der Waals surface area (Å²) in [7, 11) is 1.35. The van der Waals surface area contributed by atoms with E-state index in [1.54, 1.807) is 18.0 Å². The number of allylic oxidation sites excluding steroid dienone is 2. The Morgan fingerprint density at radius 3 is 2.61 bits per heavy atom. The Morgan fingerprint density at radius 1 is 1.15 bits per heavy atom. The number of anilines is 1. The minimum atomic E-state index is -0.842. The summed E-state index contributed by atoms with van der Waals surface area (Å²) in [6, 6.07) is 16.4. The first-order valence-electron chi connectivity index (χ1n) is 11.0. The van der Waals surface area contributed by atoms with E-state index in [9.17, 15) is 9.59 Å². The highest BCUT2D eigenvalue weighted by molar-refractivity contribution is 7.98. The number of methoxy groups -OCH3 is 1. The predicted molar refractivity (Wildman–Crippen MR) is 131 cm³/mol. The van der Waals surface area contributed by atoms with E-state index in [4.69, 9.17) is 4.74 Å². The summed E-state index contributed by atoms with van der Waals surface area (Å²) in [6.07, 6.45) is 4.40. The molecular weight excluding hydrogens is 432 g/mol. The van der Waals surface area contributed by atoms with Crippen molar-refractivity contribution in [1.29, 1.82) is 0 Å². The fourth-order valence-corrected chi connectivity index (χ4v) is 5.72. The lowest BCUT2D eigenvalue weighted by Crippen LogP contribution is -2.45. The van der Waals surface area contributed by atoms with E-state index in [1.165, 1.54) is 7.11 Å². The first-order valence-corrected chi connectivity index (χ1v) is 12.2. The number of nitrogens with one attached hydrogen (secondary N) is 1. The number of hydrogen-bond donors (Lipinski definition) is 1. The maximum atomic E-state index is 14.0. The number of carbonyl (C=O) groups is 2. The second-order valence-electron chi connectivity index (χ2n) is 9.31. The van der Waals surface area contributed by atoms with Crippen molar-refractivity contribution in [3.63, 3.8) is 0 Å². The van der Waals surface area contributed by atoms with Crippen molar-refractivity contribution < 1.29 is 14.3 Å². The average Bonchev–Trinajstić information content (AvgIpc) is 2.82. The van der Waals surface area contributed by atoms with Gasteiger partial charge in [-0.1, -0.05) is 32.0 Å². The summed E-state index contributed by atoms with van der Waals surface area (Å²) in [5.41, 5.74) is 4.89. The summed E-state index contributed by atoms with van der Waals surface area (Å²) >= 11 is 1.68. The molecule has 0 fully saturated rings. The Balaban J connectivity index is 1.78. The van der Waals surface area contributed by atoms with Gasteiger partial charge in [-0.2, -0.15) is 0 Å². The molecule has 0 radical (unpaired) electrons. The van der Waals surface area contributed by atoms with Crippen LogP contribution in [0, 0.1) is 11.3 Å². The van der Waals surface area contributed by atoms with Crippen molar-refractivity contribution in [2.75, 3.05) is 18.7 Å². The number of ketones is 1. The molecule has 0 saturated heterocycles. The fraction of sp³-hybridized carbons (Fsp3) is 0.296. The normalized spacial score (nSPS) is 21.3. The van der Waals surface area contributed by atoms with Gasteiger partial charge in [-0.3, -0.25) is 14.6 Å². The maximum Gasteiger partial charge on any atom is 0.317 e. The molecular formula is C27H26N2O3S. The number of Topliss-reactive ketones (excluding diaryl/α,β-unsaturated/α-hetero) is 1. The number of fused-ring (bicyclic) bond motifs is 3. The SMILES string of the molecule is COC(=O)C1C(=O)C2=C(CC1(C)C)Nc1ccc3ncccc3c1C2c1ccc(SC)cc1. The summed E-state index contributed by atoms with van der Waals surface area (Å²) in [6.45, 7) is 3.92. The monoisotopic (exact) mass is 458 g/mol. The molecule has 1 aliphatic heterocycles. The third-order valence-electron chi connectivity index (χ3n) is 6.84. The highest BCUT2D eigenvalue weighted by atomic mass is 32.2. The molecule has 2 aromatic carbocycles. The molecule has 1 aliphatic carbocycles. The van der Waals surface area contributed by atoms with E-state index in [1.807, 2.05) is 44.4 Å². The minimum absolute atomic E-state index is 0.161. The quantitative estimate of drug-likeness (QED) is 0.315. The lowest BCUT2D eigenvalue weighted by molar-refractivity contribution is -0.154. The Bertz CT molecular complexity index is 1310. The van der Waals surface area contributed by atoms with Crippen molar-refractivity contribution in [1.82, 2.24) is 4.98 Å². The van der Waals surface area contributed by atoms with Crippen LogP contribution in [-0.4, -0.2) is 30.1 Å². The number of ether oxygens (including phenoxy) is 1. The topological polar surface area (TPSA) is 68.3 Å². The zero-order valence-electron chi connectivity index (χ0n) is 19.1. The van der Waals surface area contributed by atoms with E-state index in [-0.39, 0.29) is 11.7 Å². The van der Waals surface area contributed by atoms with Crippen LogP contribution in [0.1, 0.15) is 37.3 Å². The van der Waals surface area contributed by atoms with Crippen molar-refractivity contribution in [3.05, 3.63) is 77.1 Å². The second-order valence-corrected chi connectivity index (χ2v) is 10.2. The number of pyridine rings is 1. The Kier molecular flexibility index (Phi) is 5.28. The smallest absolute Gasteiger partial charge is 0.317 e. The summed E-state index contributed by atoms with van der Waals surface area (Å²) in [4.78, 5) is 32.5. The third kappa shape index (κ3) is 3.44. The molecule has 5 nitrogen and oxygen atoms in total. The van der Waals surface area contributed by atoms with Crippen molar-refractivity contribution >= 4 is 40.1 Å². The molecule has 33 heavy (non-hydrogen) atoms. The van der Waals surface area contributed by atoms with Gasteiger partial charge in [0.05, 0.1) is 12.6 Å². The lowest BCUT2D eigenvalue weighted by Gasteiger charge is -2.43. The Morgan fingerprint density at radius 2 is 1.91 bits per heavy atom. The molecule has 2 aliphatic rings. The van der Waals surface area contributed by atoms with Gasteiger partial charge in [0.25, 0.3) is 0 Å². The van der Waals surface area contributed by atoms with Crippen LogP contribution in [0.4, 0.5) is 5.69 Å². The highest BCUT2D eigenvalue weighted by Gasteiger charge is 2.51. The van der Waals surface area contributed by atoms with Crippen LogP contribution in [0.15, 0.2) is 70.9 Å². The summed E-state index contributed by atoms with van der Waals surface area (Å²) < 4.78 is 5.07. The van der Waals surface area contributed by atoms with Gasteiger partial charge in [0.15, 0.2) is 5.78 Å². The predicted octanol–water partition coefficient (Wildman–Crippen LogP) is 5.56. The summed E-state index contributed by atoms with van der Waals surface area (Å²) in [5, 5.41) is 4.55. The molecule has 2 atom stereocenters. The van der Waals surface area contributed by atoms with Gasteiger partial charge in [0, 0.05) is 39.4 Å². The molecule has 168 valence electrons. The first kappa shape index (κ1) is 21.7. The Hall–Kier alpha value is -3.12. The zero-order chi connectivity index (χ0) is 23.3. The number of hydrogen-bond acceptors (Lipinski definition) is 6. The van der Waals surface area contributed by atoms with E-state index < -0.39 is 17.3 Å². The second kappa shape index (κ2) is 8.03. The van der Waals surface area contributed by atoms with E-state index in [2.05, 4.69) is 34.6 Å². The van der Waals surface area contributed by atoms with Crippen LogP contribution >= 0.6 is 11.8 Å². The van der Waals surface area contributed by atoms with Gasteiger partial charge in [-0.25, -0.2) is 0 Å². The van der Waals surface area contributed by atoms with Crippen LogP contribution in [0.2, 0.25) is 0 Å². The van der Waals surface area contributed by atoms with Gasteiger partial charge >= 0.3 is 5.97 Å². The molecule has 0 amide bonds. The minimum Gasteiger partial charge on any atom is -0.468 e. The van der Waals surface area contributed by atoms with Crippen molar-refractivity contribution in [2.24, 2.45) is 11.3 Å². The number of nitrogens with zero attached hydrogens (tertiary/aromatic N) is 1. The molecule has 3 aromatic rings. The molecule has 6 heteroatoms. The van der Waals surface area contributed by atoms with Crippen molar-refractivity contribution in [2.45, 2.75) is 31.1 Å². The molecule has 2 unspecified atom stereocenters. The van der Waals surface area contributed by atoms with E-state index >= 15 is 0 Å². The first-order chi connectivity index (χ1) is 15.9. The van der Waals surface area contributed by atoms with E-state index in [0.717, 1.165) is 38.3 Å². The molecule has 1 N–H and O–H groups in total. The molecule has 0 bridgehead atoms. The van der Waals surface area contributed by atoms with Gasteiger partial charge in [-0.05, 0) is 59.6 Å². The van der Waals surface area contributed by atoms with Crippen LogP contribution in [-0.2, 0) is 14.3 Å². The third-order valence-corrected chi connectivity index (χ3v) is 7.59. The van der Waals surface area contributed by atoms with Crippen LogP contribution < -0.4 is 5.32 Å². The number of aromatic nitrogens is 1. The highest BCUT2D eigenvalue weighted by Crippen LogP contribution is 2.52. The van der Waals surface area contributed by atoms with Gasteiger partial charge in [0.1, 0.15) is 5.92 Å². The average molecular weight is 459 g/mol. The van der Waals surface area contributed by atoms with Crippen LogP contribution in [0.5, 0.6) is 0 Å². The Labute approximate surface area is 197 Å². The zero-order valence-corrected chi connectivity index (χ0v) is 20.0. The van der Waals surface area contributed by atoms with Crippen LogP contribution in [0.3, 0.4) is 0 Å². The van der Waals surface area contributed by atoms with Crippen molar-refractivity contribution in [3.8, 4) is 0 Å².